The summed E-state index contributed by atoms with van der Waals surface area (Å²) in [7, 11) is -2.62. The van der Waals surface area contributed by atoms with Crippen molar-refractivity contribution in [2.24, 2.45) is 0 Å². The van der Waals surface area contributed by atoms with Gasteiger partial charge in [0.25, 0.3) is 0 Å². The second kappa shape index (κ2) is 6.97. The fourth-order valence-corrected chi connectivity index (χ4v) is 4.53. The Labute approximate surface area is 164 Å². The normalized spacial score (nSPS) is 13.0. The number of nitrogens with zero attached hydrogens (tertiary/aromatic N) is 3. The lowest BCUT2D eigenvalue weighted by Gasteiger charge is -2.14. The van der Waals surface area contributed by atoms with Crippen LogP contribution in [0.15, 0.2) is 47.1 Å². The van der Waals surface area contributed by atoms with Crippen LogP contribution in [0.3, 0.4) is 0 Å². The summed E-state index contributed by atoms with van der Waals surface area (Å²) in [6, 6.07) is 8.66. The summed E-state index contributed by atoms with van der Waals surface area (Å²) in [5, 5.41) is 13.4. The van der Waals surface area contributed by atoms with Crippen LogP contribution < -0.4 is 10.1 Å². The molecule has 4 aromatic rings. The van der Waals surface area contributed by atoms with Crippen molar-refractivity contribution in [1.29, 1.82) is 0 Å². The zero-order valence-electron chi connectivity index (χ0n) is 14.9. The van der Waals surface area contributed by atoms with Crippen molar-refractivity contribution >= 4 is 53.8 Å². The third kappa shape index (κ3) is 3.15. The number of nitrogens with one attached hydrogen (secondary N) is 1. The lowest BCUT2D eigenvalue weighted by molar-refractivity contribution is 0.267. The Bertz CT molecular complexity index is 1290. The van der Waals surface area contributed by atoms with E-state index in [0.717, 1.165) is 15.9 Å². The summed E-state index contributed by atoms with van der Waals surface area (Å²) in [6.45, 7) is 1.20. The average Bonchev–Trinajstić information content (AvgIpc) is 3.15. The van der Waals surface area contributed by atoms with Gasteiger partial charge in [-0.1, -0.05) is 0 Å². The number of rotatable bonds is 5. The first-order valence-corrected chi connectivity index (χ1v) is 10.7. The molecule has 0 bridgehead atoms. The number of anilines is 2. The molecule has 0 saturated carbocycles. The predicted molar refractivity (Wildman–Crippen MR) is 108 cm³/mol. The van der Waals surface area contributed by atoms with Crippen molar-refractivity contribution in [2.75, 3.05) is 12.4 Å². The van der Waals surface area contributed by atoms with Gasteiger partial charge in [0.2, 0.25) is 9.84 Å². The van der Waals surface area contributed by atoms with Crippen molar-refractivity contribution in [3.05, 3.63) is 42.2 Å². The van der Waals surface area contributed by atoms with Gasteiger partial charge < -0.3 is 15.2 Å². The molecule has 0 amide bonds. The number of benzene rings is 2. The van der Waals surface area contributed by atoms with Crippen LogP contribution in [-0.4, -0.2) is 41.0 Å². The van der Waals surface area contributed by atoms with Gasteiger partial charge in [-0.25, -0.2) is 23.4 Å². The number of aliphatic hydroxyl groups is 1. The first-order chi connectivity index (χ1) is 13.4. The molecule has 28 heavy (non-hydrogen) atoms. The molecular weight excluding hydrogens is 400 g/mol. The number of thiazole rings is 1. The molecule has 2 heterocycles. The first kappa shape index (κ1) is 18.5. The Morgan fingerprint density at radius 2 is 1.96 bits per heavy atom. The number of aromatic nitrogens is 3. The number of hydrogen-bond acceptors (Lipinski definition) is 9. The SMILES string of the molecule is COc1cc2ncnc(Nc3ccc4scnc4c3)c2cc1S(=O)(=O)C(C)O. The fraction of sp³-hybridized carbons (Fsp3) is 0.167. The molecular formula is C18H16N4O4S2. The van der Waals surface area contributed by atoms with Gasteiger partial charge in [0.1, 0.15) is 22.8 Å². The molecule has 144 valence electrons. The summed E-state index contributed by atoms with van der Waals surface area (Å²) in [5.41, 5.74) is 2.32. The van der Waals surface area contributed by atoms with E-state index in [1.807, 2.05) is 18.2 Å². The lowest BCUT2D eigenvalue weighted by atomic mass is 10.2. The van der Waals surface area contributed by atoms with Crippen molar-refractivity contribution in [3.8, 4) is 5.75 Å². The van der Waals surface area contributed by atoms with Gasteiger partial charge in [-0.2, -0.15) is 0 Å². The number of sulfone groups is 1. The van der Waals surface area contributed by atoms with E-state index in [2.05, 4.69) is 20.3 Å². The zero-order valence-corrected chi connectivity index (χ0v) is 16.6. The molecule has 4 rings (SSSR count). The molecule has 1 unspecified atom stereocenters. The van der Waals surface area contributed by atoms with E-state index >= 15 is 0 Å². The quantitative estimate of drug-likeness (QED) is 0.510. The minimum Gasteiger partial charge on any atom is -0.495 e. The van der Waals surface area contributed by atoms with E-state index in [0.29, 0.717) is 16.7 Å². The maximum atomic E-state index is 12.5. The van der Waals surface area contributed by atoms with E-state index in [9.17, 15) is 13.5 Å². The summed E-state index contributed by atoms with van der Waals surface area (Å²) in [5.74, 6) is 0.547. The summed E-state index contributed by atoms with van der Waals surface area (Å²) < 4.78 is 31.4. The van der Waals surface area contributed by atoms with Gasteiger partial charge in [0.05, 0.1) is 28.4 Å². The Kier molecular flexibility index (Phi) is 4.61. The van der Waals surface area contributed by atoms with Crippen LogP contribution in [0.25, 0.3) is 21.1 Å². The Morgan fingerprint density at radius 1 is 1.14 bits per heavy atom. The number of hydrogen-bond donors (Lipinski definition) is 2. The van der Waals surface area contributed by atoms with Crippen molar-refractivity contribution in [1.82, 2.24) is 15.0 Å². The highest BCUT2D eigenvalue weighted by atomic mass is 32.2. The van der Waals surface area contributed by atoms with Crippen LogP contribution >= 0.6 is 11.3 Å². The van der Waals surface area contributed by atoms with Gasteiger partial charge in [0.15, 0.2) is 5.44 Å². The summed E-state index contributed by atoms with van der Waals surface area (Å²) in [4.78, 5) is 12.6. The molecule has 2 aromatic carbocycles. The average molecular weight is 416 g/mol. The van der Waals surface area contributed by atoms with Gasteiger partial charge in [-0.3, -0.25) is 0 Å². The molecule has 0 aliphatic carbocycles. The second-order valence-electron chi connectivity index (χ2n) is 6.05. The maximum absolute atomic E-state index is 12.5. The molecule has 0 fully saturated rings. The smallest absolute Gasteiger partial charge is 0.208 e. The van der Waals surface area contributed by atoms with Crippen LogP contribution in [0.2, 0.25) is 0 Å². The molecule has 2 N–H and O–H groups in total. The Hall–Kier alpha value is -2.82. The van der Waals surface area contributed by atoms with E-state index in [4.69, 9.17) is 4.74 Å². The van der Waals surface area contributed by atoms with E-state index in [-0.39, 0.29) is 10.6 Å². The number of aliphatic hydroxyl groups excluding tert-OH is 1. The van der Waals surface area contributed by atoms with Gasteiger partial charge in [0, 0.05) is 17.1 Å². The predicted octanol–water partition coefficient (Wildman–Crippen LogP) is 3.10. The lowest BCUT2D eigenvalue weighted by Crippen LogP contribution is -2.18. The largest absolute Gasteiger partial charge is 0.495 e. The molecule has 2 aromatic heterocycles. The molecule has 8 nitrogen and oxygen atoms in total. The fourth-order valence-electron chi connectivity index (χ4n) is 2.80. The van der Waals surface area contributed by atoms with Gasteiger partial charge in [-0.15, -0.1) is 11.3 Å². The second-order valence-corrected chi connectivity index (χ2v) is 9.15. The molecule has 0 aliphatic heterocycles. The monoisotopic (exact) mass is 416 g/mol. The minimum absolute atomic E-state index is 0.113. The maximum Gasteiger partial charge on any atom is 0.208 e. The standard InChI is InChI=1S/C18H16N4O4S2/c1-10(23)28(24,25)17-6-12-13(7-15(17)26-2)19-8-20-18(12)22-11-3-4-16-14(5-11)21-9-27-16/h3-10,23H,1-2H3,(H,19,20,22). The molecule has 1 atom stereocenters. The Balaban J connectivity index is 1.86. The van der Waals surface area contributed by atoms with Crippen LogP contribution in [0.1, 0.15) is 6.92 Å². The van der Waals surface area contributed by atoms with Crippen LogP contribution in [0.4, 0.5) is 11.5 Å². The Morgan fingerprint density at radius 3 is 2.71 bits per heavy atom. The molecule has 10 heteroatoms. The van der Waals surface area contributed by atoms with Gasteiger partial charge in [-0.05, 0) is 31.2 Å². The highest BCUT2D eigenvalue weighted by Crippen LogP contribution is 2.34. The number of fused-ring (bicyclic) bond motifs is 2. The summed E-state index contributed by atoms with van der Waals surface area (Å²) in [6.07, 6.45) is 1.38. The first-order valence-electron chi connectivity index (χ1n) is 8.25. The van der Waals surface area contributed by atoms with E-state index in [1.165, 1.54) is 32.5 Å². The van der Waals surface area contributed by atoms with Crippen LogP contribution in [0, 0.1) is 0 Å². The number of ether oxygens (including phenoxy) is 1. The third-order valence-electron chi connectivity index (χ3n) is 4.27. The van der Waals surface area contributed by atoms with Crippen molar-refractivity contribution in [3.63, 3.8) is 0 Å². The van der Waals surface area contributed by atoms with E-state index < -0.39 is 15.3 Å². The molecule has 0 radical (unpaired) electrons. The topological polar surface area (TPSA) is 114 Å². The minimum atomic E-state index is -3.98. The van der Waals surface area contributed by atoms with E-state index in [1.54, 1.807) is 16.8 Å². The van der Waals surface area contributed by atoms with Crippen LogP contribution in [-0.2, 0) is 9.84 Å². The summed E-state index contributed by atoms with van der Waals surface area (Å²) >= 11 is 1.55. The third-order valence-corrected chi connectivity index (χ3v) is 6.91. The van der Waals surface area contributed by atoms with Crippen LogP contribution in [0.5, 0.6) is 5.75 Å². The highest BCUT2D eigenvalue weighted by molar-refractivity contribution is 7.92. The highest BCUT2D eigenvalue weighted by Gasteiger charge is 2.26. The molecule has 0 spiro atoms. The van der Waals surface area contributed by atoms with Gasteiger partial charge >= 0.3 is 0 Å². The molecule has 0 aliphatic rings. The van der Waals surface area contributed by atoms with Crippen molar-refractivity contribution in [2.45, 2.75) is 17.3 Å². The molecule has 0 saturated heterocycles. The number of methoxy groups -OCH3 is 1. The van der Waals surface area contributed by atoms with Crippen molar-refractivity contribution < 1.29 is 18.3 Å². The zero-order chi connectivity index (χ0) is 19.9.